The normalized spacial score (nSPS) is 16.1. The van der Waals surface area contributed by atoms with Gasteiger partial charge in [-0.2, -0.15) is 0 Å². The highest BCUT2D eigenvalue weighted by molar-refractivity contribution is 5.79. The molecule has 0 unspecified atom stereocenters. The molecule has 0 aromatic heterocycles. The fourth-order valence-corrected chi connectivity index (χ4v) is 3.10. The van der Waals surface area contributed by atoms with Crippen LogP contribution in [0.15, 0.2) is 29.3 Å². The first-order valence-electron chi connectivity index (χ1n) is 9.51. The lowest BCUT2D eigenvalue weighted by molar-refractivity contribution is 0.281. The van der Waals surface area contributed by atoms with Crippen molar-refractivity contribution in [3.63, 3.8) is 0 Å². The largest absolute Gasteiger partial charge is 0.494 e. The Morgan fingerprint density at radius 2 is 1.88 bits per heavy atom. The average Bonchev–Trinajstić information content (AvgIpc) is 2.64. The molecule has 5 nitrogen and oxygen atoms in total. The van der Waals surface area contributed by atoms with Crippen LogP contribution in [-0.2, 0) is 6.54 Å². The molecule has 25 heavy (non-hydrogen) atoms. The first-order chi connectivity index (χ1) is 12.2. The Balaban J connectivity index is 1.70. The van der Waals surface area contributed by atoms with Gasteiger partial charge in [-0.05, 0) is 51.1 Å². The van der Waals surface area contributed by atoms with E-state index in [0.29, 0.717) is 6.04 Å². The van der Waals surface area contributed by atoms with Crippen LogP contribution in [0.5, 0.6) is 5.75 Å². The Morgan fingerprint density at radius 3 is 2.52 bits per heavy atom. The highest BCUT2D eigenvalue weighted by atomic mass is 16.5. The van der Waals surface area contributed by atoms with E-state index in [1.807, 2.05) is 19.2 Å². The monoisotopic (exact) mass is 346 g/mol. The minimum absolute atomic E-state index is 0.567. The summed E-state index contributed by atoms with van der Waals surface area (Å²) in [5, 5.41) is 6.95. The van der Waals surface area contributed by atoms with Crippen LogP contribution in [0, 0.1) is 0 Å². The third-order valence-electron chi connectivity index (χ3n) is 4.57. The van der Waals surface area contributed by atoms with E-state index in [9.17, 15) is 0 Å². The van der Waals surface area contributed by atoms with Crippen LogP contribution in [0.25, 0.3) is 0 Å². The molecule has 0 saturated heterocycles. The summed E-state index contributed by atoms with van der Waals surface area (Å²) in [7, 11) is 6.00. The number of hydrogen-bond acceptors (Lipinski definition) is 3. The second-order valence-corrected chi connectivity index (χ2v) is 7.05. The van der Waals surface area contributed by atoms with Crippen molar-refractivity contribution in [1.29, 1.82) is 0 Å². The van der Waals surface area contributed by atoms with E-state index in [-0.39, 0.29) is 0 Å². The van der Waals surface area contributed by atoms with Gasteiger partial charge in [0.1, 0.15) is 5.75 Å². The summed E-state index contributed by atoms with van der Waals surface area (Å²) in [5.41, 5.74) is 1.23. The third-order valence-corrected chi connectivity index (χ3v) is 4.57. The van der Waals surface area contributed by atoms with E-state index < -0.39 is 0 Å². The molecule has 1 aliphatic carbocycles. The second-order valence-electron chi connectivity index (χ2n) is 7.05. The number of benzene rings is 1. The molecular weight excluding hydrogens is 312 g/mol. The van der Waals surface area contributed by atoms with Crippen LogP contribution >= 0.6 is 0 Å². The molecule has 5 heteroatoms. The molecule has 0 aliphatic heterocycles. The van der Waals surface area contributed by atoms with Gasteiger partial charge in [0.15, 0.2) is 5.96 Å². The highest BCUT2D eigenvalue weighted by Crippen LogP contribution is 2.17. The molecule has 1 aliphatic rings. The molecule has 0 atom stereocenters. The van der Waals surface area contributed by atoms with E-state index in [0.717, 1.165) is 37.8 Å². The van der Waals surface area contributed by atoms with Gasteiger partial charge < -0.3 is 20.3 Å². The van der Waals surface area contributed by atoms with E-state index in [1.165, 1.54) is 37.7 Å². The summed E-state index contributed by atoms with van der Waals surface area (Å²) in [4.78, 5) is 6.52. The summed E-state index contributed by atoms with van der Waals surface area (Å²) in [6, 6.07) is 8.89. The van der Waals surface area contributed by atoms with Gasteiger partial charge in [0, 0.05) is 26.2 Å². The lowest BCUT2D eigenvalue weighted by Crippen LogP contribution is -2.43. The zero-order valence-electron chi connectivity index (χ0n) is 16.1. The molecule has 0 spiro atoms. The molecular formula is C20H34N4O. The van der Waals surface area contributed by atoms with E-state index in [2.05, 4.69) is 46.8 Å². The average molecular weight is 347 g/mol. The Hall–Kier alpha value is -1.75. The van der Waals surface area contributed by atoms with Gasteiger partial charge in [0.05, 0.1) is 6.61 Å². The van der Waals surface area contributed by atoms with E-state index >= 15 is 0 Å². The van der Waals surface area contributed by atoms with Gasteiger partial charge in [0.2, 0.25) is 0 Å². The van der Waals surface area contributed by atoms with Crippen molar-refractivity contribution in [3.05, 3.63) is 29.8 Å². The molecule has 0 radical (unpaired) electrons. The number of aliphatic imine (C=N–C) groups is 1. The van der Waals surface area contributed by atoms with Gasteiger partial charge in [-0.25, -0.2) is 0 Å². The van der Waals surface area contributed by atoms with Crippen LogP contribution < -0.4 is 15.4 Å². The van der Waals surface area contributed by atoms with Crippen molar-refractivity contribution in [2.24, 2.45) is 4.99 Å². The molecule has 1 aromatic rings. The lowest BCUT2D eigenvalue weighted by atomic mass is 9.96. The summed E-state index contributed by atoms with van der Waals surface area (Å²) >= 11 is 0. The molecule has 0 heterocycles. The predicted molar refractivity (Wildman–Crippen MR) is 105 cm³/mol. The van der Waals surface area contributed by atoms with Gasteiger partial charge in [-0.3, -0.25) is 4.99 Å². The van der Waals surface area contributed by atoms with Crippen molar-refractivity contribution >= 4 is 5.96 Å². The number of ether oxygens (including phenoxy) is 1. The van der Waals surface area contributed by atoms with Gasteiger partial charge in [0.25, 0.3) is 0 Å². The number of nitrogens with zero attached hydrogens (tertiary/aromatic N) is 2. The standard InChI is InChI=1S/C20H34N4O/c1-21-20(23-18-8-5-4-6-9-18)22-16-17-10-12-19(13-11-17)25-15-7-14-24(2)3/h10-13,18H,4-9,14-16H2,1-3H3,(H2,21,22,23). The van der Waals surface area contributed by atoms with Crippen LogP contribution in [0.3, 0.4) is 0 Å². The van der Waals surface area contributed by atoms with Crippen molar-refractivity contribution in [2.45, 2.75) is 51.1 Å². The zero-order valence-corrected chi connectivity index (χ0v) is 16.1. The van der Waals surface area contributed by atoms with Crippen LogP contribution in [0.2, 0.25) is 0 Å². The number of guanidine groups is 1. The van der Waals surface area contributed by atoms with Crippen molar-refractivity contribution < 1.29 is 4.74 Å². The summed E-state index contributed by atoms with van der Waals surface area (Å²) in [6.45, 7) is 2.58. The smallest absolute Gasteiger partial charge is 0.191 e. The molecule has 0 bridgehead atoms. The Bertz CT molecular complexity index is 507. The summed E-state index contributed by atoms with van der Waals surface area (Å²) < 4.78 is 5.78. The zero-order chi connectivity index (χ0) is 17.9. The van der Waals surface area contributed by atoms with Gasteiger partial charge in [-0.15, -0.1) is 0 Å². The van der Waals surface area contributed by atoms with E-state index in [1.54, 1.807) is 0 Å². The molecule has 1 saturated carbocycles. The van der Waals surface area contributed by atoms with Crippen molar-refractivity contribution in [3.8, 4) is 5.75 Å². The predicted octanol–water partition coefficient (Wildman–Crippen LogP) is 3.01. The van der Waals surface area contributed by atoms with Gasteiger partial charge in [-0.1, -0.05) is 31.4 Å². The molecule has 0 amide bonds. The number of nitrogens with one attached hydrogen (secondary N) is 2. The second kappa shape index (κ2) is 11.0. The molecule has 2 rings (SSSR count). The van der Waals surface area contributed by atoms with Crippen LogP contribution in [-0.4, -0.2) is 51.2 Å². The SMILES string of the molecule is CN=C(NCc1ccc(OCCCN(C)C)cc1)NC1CCCCC1. The third kappa shape index (κ3) is 7.78. The fraction of sp³-hybridized carbons (Fsp3) is 0.650. The fourth-order valence-electron chi connectivity index (χ4n) is 3.10. The molecule has 140 valence electrons. The maximum absolute atomic E-state index is 5.78. The Labute approximate surface area is 152 Å². The maximum atomic E-state index is 5.78. The quantitative estimate of drug-likeness (QED) is 0.432. The highest BCUT2D eigenvalue weighted by Gasteiger charge is 2.14. The first-order valence-corrected chi connectivity index (χ1v) is 9.51. The van der Waals surface area contributed by atoms with Crippen LogP contribution in [0.4, 0.5) is 0 Å². The van der Waals surface area contributed by atoms with E-state index in [4.69, 9.17) is 4.74 Å². The number of rotatable bonds is 8. The van der Waals surface area contributed by atoms with Crippen LogP contribution in [0.1, 0.15) is 44.1 Å². The lowest BCUT2D eigenvalue weighted by Gasteiger charge is -2.24. The molecule has 1 fully saturated rings. The van der Waals surface area contributed by atoms with Crippen molar-refractivity contribution in [2.75, 3.05) is 34.3 Å². The minimum atomic E-state index is 0.567. The Morgan fingerprint density at radius 1 is 1.16 bits per heavy atom. The minimum Gasteiger partial charge on any atom is -0.494 e. The summed E-state index contributed by atoms with van der Waals surface area (Å²) in [6.07, 6.45) is 7.56. The molecule has 2 N–H and O–H groups in total. The number of hydrogen-bond donors (Lipinski definition) is 2. The maximum Gasteiger partial charge on any atom is 0.191 e. The topological polar surface area (TPSA) is 48.9 Å². The first kappa shape index (κ1) is 19.6. The van der Waals surface area contributed by atoms with Crippen molar-refractivity contribution in [1.82, 2.24) is 15.5 Å². The van der Waals surface area contributed by atoms with Gasteiger partial charge >= 0.3 is 0 Å². The summed E-state index contributed by atoms with van der Waals surface area (Å²) in [5.74, 6) is 1.84. The molecule has 1 aromatic carbocycles. The Kier molecular flexibility index (Phi) is 8.60.